The Labute approximate surface area is 197 Å². The maximum absolute atomic E-state index is 13.2. The third-order valence-corrected chi connectivity index (χ3v) is 5.39. The Kier molecular flexibility index (Phi) is 8.54. The number of benzene rings is 3. The Balaban J connectivity index is 1.72. The van der Waals surface area contributed by atoms with Crippen LogP contribution in [0.1, 0.15) is 39.5 Å². The van der Waals surface area contributed by atoms with Crippen LogP contribution in [0.3, 0.4) is 0 Å². The minimum atomic E-state index is -0.605. The van der Waals surface area contributed by atoms with Crippen LogP contribution in [0, 0.1) is 12.7 Å². The molecule has 3 aromatic carbocycles. The fourth-order valence-electron chi connectivity index (χ4n) is 3.21. The number of rotatable bonds is 7. The van der Waals surface area contributed by atoms with Crippen molar-refractivity contribution < 1.29 is 9.18 Å². The second-order valence-electron chi connectivity index (χ2n) is 7.70. The van der Waals surface area contributed by atoms with Gasteiger partial charge in [-0.3, -0.25) is 10.1 Å². The van der Waals surface area contributed by atoms with Gasteiger partial charge in [0.2, 0.25) is 0 Å². The molecule has 0 heterocycles. The van der Waals surface area contributed by atoms with Gasteiger partial charge in [0.15, 0.2) is 5.96 Å². The lowest BCUT2D eigenvalue weighted by Gasteiger charge is -2.21. The van der Waals surface area contributed by atoms with E-state index in [0.29, 0.717) is 23.6 Å². The predicted octanol–water partition coefficient (Wildman–Crippen LogP) is 4.04. The molecule has 0 aliphatic carbocycles. The molecular weight excluding hydrogens is 441 g/mol. The van der Waals surface area contributed by atoms with Crippen molar-refractivity contribution in [3.63, 3.8) is 0 Å². The van der Waals surface area contributed by atoms with Crippen molar-refractivity contribution in [3.05, 3.63) is 106 Å². The standard InChI is InChI=1S/C25H27ClFN5O/c1-16-4-2-3-5-19(16)15-30-25(32-24(33)18-6-10-20(26)11-7-18)31-23(29)14-22(28)17-8-12-21(27)13-9-17/h2-13,22-23H,14-15,28-29H2,1H3,(H2,30,31,32,33). The number of hydrogen-bond acceptors (Lipinski definition) is 4. The highest BCUT2D eigenvalue weighted by molar-refractivity contribution is 6.30. The van der Waals surface area contributed by atoms with Gasteiger partial charge in [0.05, 0.1) is 12.7 Å². The number of nitrogens with one attached hydrogen (secondary N) is 2. The second kappa shape index (κ2) is 11.6. The summed E-state index contributed by atoms with van der Waals surface area (Å²) < 4.78 is 13.2. The van der Waals surface area contributed by atoms with Crippen molar-refractivity contribution in [3.8, 4) is 0 Å². The highest BCUT2D eigenvalue weighted by atomic mass is 35.5. The number of aliphatic imine (C=N–C) groups is 1. The zero-order valence-corrected chi connectivity index (χ0v) is 19.0. The highest BCUT2D eigenvalue weighted by Crippen LogP contribution is 2.15. The number of nitrogens with zero attached hydrogens (tertiary/aromatic N) is 1. The van der Waals surface area contributed by atoms with Crippen LogP contribution in [0.4, 0.5) is 4.39 Å². The summed E-state index contributed by atoms with van der Waals surface area (Å²) in [6.45, 7) is 2.35. The molecule has 8 heteroatoms. The lowest BCUT2D eigenvalue weighted by Crippen LogP contribution is -2.50. The first-order chi connectivity index (χ1) is 15.8. The van der Waals surface area contributed by atoms with Crippen molar-refractivity contribution in [2.24, 2.45) is 16.5 Å². The fourth-order valence-corrected chi connectivity index (χ4v) is 3.33. The van der Waals surface area contributed by atoms with Crippen molar-refractivity contribution >= 4 is 23.5 Å². The summed E-state index contributed by atoms with van der Waals surface area (Å²) in [4.78, 5) is 17.3. The summed E-state index contributed by atoms with van der Waals surface area (Å²) in [6.07, 6.45) is -0.266. The average molecular weight is 468 g/mol. The third kappa shape index (κ3) is 7.39. The molecule has 0 spiro atoms. The lowest BCUT2D eigenvalue weighted by atomic mass is 10.0. The summed E-state index contributed by atoms with van der Waals surface area (Å²) >= 11 is 5.91. The van der Waals surface area contributed by atoms with Crippen molar-refractivity contribution in [1.82, 2.24) is 10.6 Å². The molecule has 172 valence electrons. The van der Waals surface area contributed by atoms with Gasteiger partial charge in [-0.15, -0.1) is 0 Å². The van der Waals surface area contributed by atoms with E-state index in [1.54, 1.807) is 36.4 Å². The van der Waals surface area contributed by atoms with E-state index in [9.17, 15) is 9.18 Å². The molecule has 0 radical (unpaired) electrons. The molecule has 1 amide bonds. The maximum Gasteiger partial charge on any atom is 0.257 e. The minimum Gasteiger partial charge on any atom is -0.341 e. The highest BCUT2D eigenvalue weighted by Gasteiger charge is 2.15. The number of nitrogens with two attached hydrogens (primary N) is 2. The number of aryl methyl sites for hydroxylation is 1. The average Bonchev–Trinajstić information content (AvgIpc) is 2.79. The van der Waals surface area contributed by atoms with Crippen molar-refractivity contribution in [1.29, 1.82) is 0 Å². The molecule has 3 aromatic rings. The van der Waals surface area contributed by atoms with Gasteiger partial charge in [0.1, 0.15) is 5.82 Å². The number of hydrogen-bond donors (Lipinski definition) is 4. The van der Waals surface area contributed by atoms with E-state index >= 15 is 0 Å². The molecule has 0 aromatic heterocycles. The van der Waals surface area contributed by atoms with Crippen LogP contribution in [0.15, 0.2) is 77.8 Å². The third-order valence-electron chi connectivity index (χ3n) is 5.14. The molecule has 0 aliphatic rings. The quantitative estimate of drug-likeness (QED) is 0.239. The van der Waals surface area contributed by atoms with Crippen LogP contribution in [0.25, 0.3) is 0 Å². The largest absolute Gasteiger partial charge is 0.341 e. The zero-order chi connectivity index (χ0) is 23.8. The number of carbonyl (C=O) groups is 1. The molecule has 2 unspecified atom stereocenters. The number of carbonyl (C=O) groups excluding carboxylic acids is 1. The monoisotopic (exact) mass is 467 g/mol. The molecule has 6 nitrogen and oxygen atoms in total. The SMILES string of the molecule is Cc1ccccc1CN=C(NC(=O)c1ccc(Cl)cc1)NC(N)CC(N)c1ccc(F)cc1. The number of amides is 1. The molecule has 0 fully saturated rings. The van der Waals surface area contributed by atoms with Gasteiger partial charge in [0.25, 0.3) is 5.91 Å². The molecule has 0 saturated heterocycles. The molecule has 2 atom stereocenters. The van der Waals surface area contributed by atoms with E-state index in [4.69, 9.17) is 23.1 Å². The van der Waals surface area contributed by atoms with E-state index < -0.39 is 12.2 Å². The Morgan fingerprint density at radius 1 is 1.03 bits per heavy atom. The van der Waals surface area contributed by atoms with E-state index in [2.05, 4.69) is 15.6 Å². The van der Waals surface area contributed by atoms with E-state index in [1.165, 1.54) is 12.1 Å². The summed E-state index contributed by atoms with van der Waals surface area (Å²) in [7, 11) is 0. The normalized spacial score (nSPS) is 13.3. The van der Waals surface area contributed by atoms with E-state index in [1.807, 2.05) is 31.2 Å². The second-order valence-corrected chi connectivity index (χ2v) is 8.13. The Morgan fingerprint density at radius 3 is 2.36 bits per heavy atom. The van der Waals surface area contributed by atoms with Crippen LogP contribution in [0.5, 0.6) is 0 Å². The maximum atomic E-state index is 13.2. The first-order valence-electron chi connectivity index (χ1n) is 10.5. The predicted molar refractivity (Wildman–Crippen MR) is 130 cm³/mol. The Morgan fingerprint density at radius 2 is 1.70 bits per heavy atom. The number of guanidine groups is 1. The van der Waals surface area contributed by atoms with Crippen molar-refractivity contribution in [2.75, 3.05) is 0 Å². The Bertz CT molecular complexity index is 1100. The van der Waals surface area contributed by atoms with E-state index in [0.717, 1.165) is 16.7 Å². The molecule has 0 aliphatic heterocycles. The topological polar surface area (TPSA) is 106 Å². The van der Waals surface area contributed by atoms with Gasteiger partial charge >= 0.3 is 0 Å². The van der Waals surface area contributed by atoms with Crippen LogP contribution in [0.2, 0.25) is 5.02 Å². The smallest absolute Gasteiger partial charge is 0.257 e. The molecular formula is C25H27ClFN5O. The van der Waals surface area contributed by atoms with Crippen LogP contribution in [-0.4, -0.2) is 18.0 Å². The first-order valence-corrected chi connectivity index (χ1v) is 10.9. The summed E-state index contributed by atoms with van der Waals surface area (Å²) in [5, 5.41) is 6.36. The molecule has 3 rings (SSSR count). The van der Waals surface area contributed by atoms with Gasteiger partial charge in [-0.25, -0.2) is 9.38 Å². The minimum absolute atomic E-state index is 0.233. The van der Waals surface area contributed by atoms with Crippen molar-refractivity contribution in [2.45, 2.75) is 32.1 Å². The van der Waals surface area contributed by atoms with Gasteiger partial charge in [-0.1, -0.05) is 48.0 Å². The van der Waals surface area contributed by atoms with Crippen LogP contribution < -0.4 is 22.1 Å². The van der Waals surface area contributed by atoms with Gasteiger partial charge < -0.3 is 16.8 Å². The van der Waals surface area contributed by atoms with Crippen LogP contribution in [-0.2, 0) is 6.54 Å². The number of halogens is 2. The van der Waals surface area contributed by atoms with Gasteiger partial charge in [0, 0.05) is 16.6 Å². The van der Waals surface area contributed by atoms with Gasteiger partial charge in [-0.2, -0.15) is 0 Å². The Hall–Kier alpha value is -3.26. The molecule has 33 heavy (non-hydrogen) atoms. The zero-order valence-electron chi connectivity index (χ0n) is 18.3. The molecule has 6 N–H and O–H groups in total. The fraction of sp³-hybridized carbons (Fsp3) is 0.200. The van der Waals surface area contributed by atoms with E-state index in [-0.39, 0.29) is 17.7 Å². The van der Waals surface area contributed by atoms with Crippen LogP contribution >= 0.6 is 11.6 Å². The molecule has 0 bridgehead atoms. The van der Waals surface area contributed by atoms with Gasteiger partial charge in [-0.05, 0) is 66.4 Å². The summed E-state index contributed by atoms with van der Waals surface area (Å²) in [5.74, 6) is -0.446. The summed E-state index contributed by atoms with van der Waals surface area (Å²) in [6, 6.07) is 19.9. The summed E-state index contributed by atoms with van der Waals surface area (Å²) in [5.41, 5.74) is 15.8. The lowest BCUT2D eigenvalue weighted by molar-refractivity contribution is 0.0975. The molecule has 0 saturated carbocycles. The first kappa shape index (κ1) is 24.4.